The largest absolute Gasteiger partial charge is 0.314 e. The van der Waals surface area contributed by atoms with E-state index in [1.807, 2.05) is 0 Å². The molecule has 1 saturated carbocycles. The van der Waals surface area contributed by atoms with E-state index in [0.29, 0.717) is 0 Å². The first-order chi connectivity index (χ1) is 4.84. The molecule has 0 amide bonds. The SMILES string of the molecule is CCCCCNC1CC1C. The molecule has 1 nitrogen and oxygen atoms in total. The second-order valence-corrected chi connectivity index (χ2v) is 3.48. The van der Waals surface area contributed by atoms with E-state index in [-0.39, 0.29) is 0 Å². The molecule has 1 aliphatic rings. The number of hydrogen-bond acceptors (Lipinski definition) is 1. The molecule has 2 unspecified atom stereocenters. The van der Waals surface area contributed by atoms with Crippen molar-refractivity contribution in [1.29, 1.82) is 0 Å². The quantitative estimate of drug-likeness (QED) is 0.579. The van der Waals surface area contributed by atoms with Crippen LogP contribution in [0.1, 0.15) is 39.5 Å². The van der Waals surface area contributed by atoms with Crippen molar-refractivity contribution < 1.29 is 0 Å². The summed E-state index contributed by atoms with van der Waals surface area (Å²) >= 11 is 0. The third-order valence-electron chi connectivity index (χ3n) is 2.30. The summed E-state index contributed by atoms with van der Waals surface area (Å²) in [6.45, 7) is 5.81. The van der Waals surface area contributed by atoms with Crippen LogP contribution in [0.5, 0.6) is 0 Å². The molecule has 1 fully saturated rings. The Labute approximate surface area is 64.2 Å². The van der Waals surface area contributed by atoms with Crippen LogP contribution in [0.25, 0.3) is 0 Å². The van der Waals surface area contributed by atoms with Gasteiger partial charge < -0.3 is 5.32 Å². The fourth-order valence-electron chi connectivity index (χ4n) is 1.27. The van der Waals surface area contributed by atoms with Gasteiger partial charge >= 0.3 is 0 Å². The predicted molar refractivity (Wildman–Crippen MR) is 45.1 cm³/mol. The van der Waals surface area contributed by atoms with Gasteiger partial charge in [0.1, 0.15) is 0 Å². The van der Waals surface area contributed by atoms with E-state index < -0.39 is 0 Å². The fourth-order valence-corrected chi connectivity index (χ4v) is 1.27. The molecule has 0 heterocycles. The number of rotatable bonds is 5. The van der Waals surface area contributed by atoms with Gasteiger partial charge in [0.25, 0.3) is 0 Å². The maximum absolute atomic E-state index is 3.54. The lowest BCUT2D eigenvalue weighted by Crippen LogP contribution is -2.18. The Bertz CT molecular complexity index is 90.7. The Morgan fingerprint density at radius 2 is 2.10 bits per heavy atom. The molecule has 1 heteroatoms. The molecule has 10 heavy (non-hydrogen) atoms. The van der Waals surface area contributed by atoms with Crippen LogP contribution in [0, 0.1) is 5.92 Å². The minimum Gasteiger partial charge on any atom is -0.314 e. The highest BCUT2D eigenvalue weighted by atomic mass is 15.0. The average Bonchev–Trinajstić information content (AvgIpc) is 2.60. The van der Waals surface area contributed by atoms with Gasteiger partial charge in [-0.15, -0.1) is 0 Å². The summed E-state index contributed by atoms with van der Waals surface area (Å²) in [5.41, 5.74) is 0. The minimum atomic E-state index is 0.872. The van der Waals surface area contributed by atoms with Crippen molar-refractivity contribution in [3.05, 3.63) is 0 Å². The van der Waals surface area contributed by atoms with E-state index >= 15 is 0 Å². The summed E-state index contributed by atoms with van der Waals surface area (Å²) in [6, 6.07) is 0.872. The zero-order valence-electron chi connectivity index (χ0n) is 7.19. The average molecular weight is 141 g/mol. The van der Waals surface area contributed by atoms with Crippen LogP contribution in [-0.2, 0) is 0 Å². The third kappa shape index (κ3) is 2.70. The summed E-state index contributed by atoms with van der Waals surface area (Å²) in [7, 11) is 0. The summed E-state index contributed by atoms with van der Waals surface area (Å²) in [4.78, 5) is 0. The Kier molecular flexibility index (Phi) is 3.20. The van der Waals surface area contributed by atoms with Gasteiger partial charge in [0.2, 0.25) is 0 Å². The molecule has 2 atom stereocenters. The third-order valence-corrected chi connectivity index (χ3v) is 2.30. The van der Waals surface area contributed by atoms with E-state index in [4.69, 9.17) is 0 Å². The van der Waals surface area contributed by atoms with Crippen molar-refractivity contribution in [2.45, 2.75) is 45.6 Å². The normalized spacial score (nSPS) is 30.6. The molecule has 0 aromatic carbocycles. The summed E-state index contributed by atoms with van der Waals surface area (Å²) < 4.78 is 0. The molecular formula is C9H19N. The van der Waals surface area contributed by atoms with Gasteiger partial charge in [0.05, 0.1) is 0 Å². The lowest BCUT2D eigenvalue weighted by molar-refractivity contribution is 0.597. The molecule has 1 N–H and O–H groups in total. The minimum absolute atomic E-state index is 0.872. The second kappa shape index (κ2) is 3.97. The lowest BCUT2D eigenvalue weighted by atomic mass is 10.2. The van der Waals surface area contributed by atoms with Crippen molar-refractivity contribution >= 4 is 0 Å². The maximum atomic E-state index is 3.54. The Morgan fingerprint density at radius 1 is 1.40 bits per heavy atom. The Hall–Kier alpha value is -0.0400. The van der Waals surface area contributed by atoms with Crippen LogP contribution < -0.4 is 5.32 Å². The molecule has 0 bridgehead atoms. The van der Waals surface area contributed by atoms with Crippen molar-refractivity contribution in [2.75, 3.05) is 6.54 Å². The van der Waals surface area contributed by atoms with Gasteiger partial charge in [0, 0.05) is 6.04 Å². The van der Waals surface area contributed by atoms with Crippen molar-refractivity contribution in [1.82, 2.24) is 5.32 Å². The van der Waals surface area contributed by atoms with Crippen molar-refractivity contribution in [3.63, 3.8) is 0 Å². The van der Waals surface area contributed by atoms with E-state index in [1.165, 1.54) is 32.2 Å². The molecule has 60 valence electrons. The van der Waals surface area contributed by atoms with E-state index in [1.54, 1.807) is 0 Å². The number of nitrogens with one attached hydrogen (secondary N) is 1. The first-order valence-corrected chi connectivity index (χ1v) is 4.58. The molecule has 0 radical (unpaired) electrons. The van der Waals surface area contributed by atoms with Gasteiger partial charge in [0.15, 0.2) is 0 Å². The zero-order chi connectivity index (χ0) is 7.40. The first kappa shape index (κ1) is 8.06. The van der Waals surface area contributed by atoms with Gasteiger partial charge in [-0.3, -0.25) is 0 Å². The molecule has 1 rings (SSSR count). The predicted octanol–water partition coefficient (Wildman–Crippen LogP) is 2.17. The molecule has 0 spiro atoms. The Balaban J connectivity index is 1.78. The highest BCUT2D eigenvalue weighted by Gasteiger charge is 2.31. The van der Waals surface area contributed by atoms with Gasteiger partial charge in [-0.25, -0.2) is 0 Å². The highest BCUT2D eigenvalue weighted by Crippen LogP contribution is 2.28. The van der Waals surface area contributed by atoms with E-state index in [9.17, 15) is 0 Å². The molecule has 0 aliphatic heterocycles. The van der Waals surface area contributed by atoms with Crippen LogP contribution in [0.15, 0.2) is 0 Å². The summed E-state index contributed by atoms with van der Waals surface area (Å²) in [5.74, 6) is 0.960. The van der Waals surface area contributed by atoms with Crippen LogP contribution in [-0.4, -0.2) is 12.6 Å². The molecule has 1 aliphatic carbocycles. The van der Waals surface area contributed by atoms with Crippen LogP contribution in [0.3, 0.4) is 0 Å². The molecule has 0 aromatic heterocycles. The summed E-state index contributed by atoms with van der Waals surface area (Å²) in [5, 5.41) is 3.54. The topological polar surface area (TPSA) is 12.0 Å². The molecular weight excluding hydrogens is 122 g/mol. The van der Waals surface area contributed by atoms with Gasteiger partial charge in [-0.2, -0.15) is 0 Å². The number of unbranched alkanes of at least 4 members (excludes halogenated alkanes) is 2. The van der Waals surface area contributed by atoms with Crippen LogP contribution in [0.2, 0.25) is 0 Å². The van der Waals surface area contributed by atoms with Gasteiger partial charge in [-0.1, -0.05) is 26.7 Å². The zero-order valence-corrected chi connectivity index (χ0v) is 7.19. The van der Waals surface area contributed by atoms with Crippen LogP contribution in [0.4, 0.5) is 0 Å². The van der Waals surface area contributed by atoms with Crippen molar-refractivity contribution in [3.8, 4) is 0 Å². The highest BCUT2D eigenvalue weighted by molar-refractivity contribution is 4.89. The number of hydrogen-bond donors (Lipinski definition) is 1. The standard InChI is InChI=1S/C9H19N/c1-3-4-5-6-10-9-7-8(9)2/h8-10H,3-7H2,1-2H3. The van der Waals surface area contributed by atoms with E-state index in [2.05, 4.69) is 19.2 Å². The second-order valence-electron chi connectivity index (χ2n) is 3.48. The van der Waals surface area contributed by atoms with Crippen molar-refractivity contribution in [2.24, 2.45) is 5.92 Å². The molecule has 0 saturated heterocycles. The lowest BCUT2D eigenvalue weighted by Gasteiger charge is -2.00. The van der Waals surface area contributed by atoms with Gasteiger partial charge in [-0.05, 0) is 25.3 Å². The van der Waals surface area contributed by atoms with E-state index in [0.717, 1.165) is 12.0 Å². The Morgan fingerprint density at radius 3 is 2.60 bits per heavy atom. The smallest absolute Gasteiger partial charge is 0.00963 e. The maximum Gasteiger partial charge on any atom is 0.00963 e. The fraction of sp³-hybridized carbons (Fsp3) is 1.00. The summed E-state index contributed by atoms with van der Waals surface area (Å²) in [6.07, 6.45) is 5.49. The first-order valence-electron chi connectivity index (χ1n) is 4.58. The molecule has 0 aromatic rings. The monoisotopic (exact) mass is 141 g/mol. The van der Waals surface area contributed by atoms with Crippen LogP contribution >= 0.6 is 0 Å².